The highest BCUT2D eigenvalue weighted by Crippen LogP contribution is 2.33. The first kappa shape index (κ1) is 23.5. The molecular formula is C27H26F3N3O2. The molecule has 35 heavy (non-hydrogen) atoms. The second-order valence-corrected chi connectivity index (χ2v) is 8.90. The summed E-state index contributed by atoms with van der Waals surface area (Å²) >= 11 is 0. The van der Waals surface area contributed by atoms with Gasteiger partial charge in [-0.05, 0) is 60.7 Å². The predicted octanol–water partition coefficient (Wildman–Crippen LogP) is 6.11. The van der Waals surface area contributed by atoms with Crippen LogP contribution >= 0.6 is 0 Å². The van der Waals surface area contributed by atoms with Gasteiger partial charge in [0.25, 0.3) is 0 Å². The standard InChI is InChI=1S/C27H26F3N3O2/c1-18-7-8-20(19-4-2-5-22(12-19)27(28,29)30)13-25(18)33-16-21(14-32-33)24-15-31-10-9-26(24)35-17-23-6-3-11-34-23/h2,4-5,7-10,12-16,23-24,26H,3,6,11,17H2,1H3. The van der Waals surface area contributed by atoms with Crippen molar-refractivity contribution in [3.8, 4) is 16.8 Å². The van der Waals surface area contributed by atoms with Gasteiger partial charge in [0.2, 0.25) is 0 Å². The van der Waals surface area contributed by atoms with Gasteiger partial charge in [0.05, 0.1) is 42.2 Å². The molecule has 2 aliphatic heterocycles. The normalized spacial score (nSPS) is 22.1. The Balaban J connectivity index is 1.39. The number of halogens is 3. The second-order valence-electron chi connectivity index (χ2n) is 8.90. The fourth-order valence-corrected chi connectivity index (χ4v) is 4.46. The summed E-state index contributed by atoms with van der Waals surface area (Å²) in [6.07, 6.45) is 6.89. The second kappa shape index (κ2) is 9.79. The Hall–Kier alpha value is -3.23. The molecule has 3 atom stereocenters. The number of hydrogen-bond donors (Lipinski definition) is 0. The van der Waals surface area contributed by atoms with Crippen molar-refractivity contribution >= 4 is 6.21 Å². The average Bonchev–Trinajstić information content (AvgIpc) is 3.55. The van der Waals surface area contributed by atoms with Gasteiger partial charge in [-0.25, -0.2) is 4.68 Å². The Morgan fingerprint density at radius 3 is 2.80 bits per heavy atom. The molecule has 3 aromatic rings. The predicted molar refractivity (Wildman–Crippen MR) is 128 cm³/mol. The van der Waals surface area contributed by atoms with Crippen molar-refractivity contribution in [2.45, 2.75) is 44.1 Å². The van der Waals surface area contributed by atoms with E-state index < -0.39 is 11.7 Å². The molecule has 3 unspecified atom stereocenters. The minimum Gasteiger partial charge on any atom is -0.376 e. The molecule has 3 heterocycles. The molecule has 2 aromatic carbocycles. The molecule has 0 amide bonds. The maximum absolute atomic E-state index is 13.2. The number of nitrogens with zero attached hydrogens (tertiary/aromatic N) is 3. The summed E-state index contributed by atoms with van der Waals surface area (Å²) in [6.45, 7) is 3.27. The van der Waals surface area contributed by atoms with Crippen LogP contribution in [-0.2, 0) is 15.7 Å². The van der Waals surface area contributed by atoms with Crippen LogP contribution in [-0.4, -0.2) is 41.4 Å². The summed E-state index contributed by atoms with van der Waals surface area (Å²) in [6, 6.07) is 10.9. The van der Waals surface area contributed by atoms with Gasteiger partial charge in [0, 0.05) is 30.8 Å². The fraction of sp³-hybridized carbons (Fsp3) is 0.333. The summed E-state index contributed by atoms with van der Waals surface area (Å²) in [7, 11) is 0. The topological polar surface area (TPSA) is 48.6 Å². The first-order valence-electron chi connectivity index (χ1n) is 11.6. The Bertz CT molecular complexity index is 1240. The third-order valence-electron chi connectivity index (χ3n) is 6.43. The largest absolute Gasteiger partial charge is 0.416 e. The van der Waals surface area contributed by atoms with Gasteiger partial charge >= 0.3 is 6.18 Å². The van der Waals surface area contributed by atoms with Gasteiger partial charge in [-0.3, -0.25) is 4.99 Å². The van der Waals surface area contributed by atoms with E-state index in [1.807, 2.05) is 43.6 Å². The van der Waals surface area contributed by atoms with Crippen molar-refractivity contribution in [3.63, 3.8) is 0 Å². The van der Waals surface area contributed by atoms with E-state index in [1.54, 1.807) is 23.1 Å². The summed E-state index contributed by atoms with van der Waals surface area (Å²) in [5, 5.41) is 4.56. The average molecular weight is 482 g/mol. The lowest BCUT2D eigenvalue weighted by Crippen LogP contribution is -2.27. The molecule has 1 aromatic heterocycles. The first-order chi connectivity index (χ1) is 16.9. The SMILES string of the molecule is Cc1ccc(-c2cccc(C(F)(F)F)c2)cc1-n1cc(C2C=NC=CC2OCC2CCCO2)cn1. The van der Waals surface area contributed by atoms with E-state index in [-0.39, 0.29) is 18.1 Å². The molecule has 182 valence electrons. The lowest BCUT2D eigenvalue weighted by Gasteiger charge is -2.24. The molecule has 0 N–H and O–H groups in total. The smallest absolute Gasteiger partial charge is 0.376 e. The number of benzene rings is 2. The van der Waals surface area contributed by atoms with Crippen LogP contribution in [0, 0.1) is 6.92 Å². The van der Waals surface area contributed by atoms with Gasteiger partial charge in [-0.2, -0.15) is 18.3 Å². The Kier molecular flexibility index (Phi) is 6.58. The molecule has 0 saturated carbocycles. The zero-order chi connectivity index (χ0) is 24.4. The van der Waals surface area contributed by atoms with Crippen molar-refractivity contribution in [2.75, 3.05) is 13.2 Å². The van der Waals surface area contributed by atoms with Crippen molar-refractivity contribution < 1.29 is 22.6 Å². The Labute approximate surface area is 201 Å². The van der Waals surface area contributed by atoms with Crippen molar-refractivity contribution in [1.82, 2.24) is 9.78 Å². The van der Waals surface area contributed by atoms with E-state index in [9.17, 15) is 13.2 Å². The third-order valence-corrected chi connectivity index (χ3v) is 6.43. The lowest BCUT2D eigenvalue weighted by molar-refractivity contribution is -0.137. The van der Waals surface area contributed by atoms with Crippen LogP contribution in [0.4, 0.5) is 13.2 Å². The molecule has 0 bridgehead atoms. The number of aryl methyl sites for hydroxylation is 1. The molecule has 1 fully saturated rings. The van der Waals surface area contributed by atoms with Crippen molar-refractivity contribution in [2.24, 2.45) is 4.99 Å². The molecule has 1 saturated heterocycles. The quantitative estimate of drug-likeness (QED) is 0.427. The molecule has 0 radical (unpaired) electrons. The summed E-state index contributed by atoms with van der Waals surface area (Å²) < 4.78 is 53.2. The summed E-state index contributed by atoms with van der Waals surface area (Å²) in [5.74, 6) is -0.0953. The highest BCUT2D eigenvalue weighted by molar-refractivity contribution is 5.71. The molecule has 8 heteroatoms. The number of ether oxygens (including phenoxy) is 2. The highest BCUT2D eigenvalue weighted by atomic mass is 19.4. The van der Waals surface area contributed by atoms with Crippen LogP contribution in [0.1, 0.15) is 35.4 Å². The zero-order valence-electron chi connectivity index (χ0n) is 19.3. The lowest BCUT2D eigenvalue weighted by atomic mass is 9.95. The molecule has 5 nitrogen and oxygen atoms in total. The van der Waals surface area contributed by atoms with E-state index in [0.717, 1.165) is 42.3 Å². The molecule has 0 spiro atoms. The fourth-order valence-electron chi connectivity index (χ4n) is 4.46. The zero-order valence-corrected chi connectivity index (χ0v) is 19.3. The van der Waals surface area contributed by atoms with Gasteiger partial charge in [0.15, 0.2) is 0 Å². The van der Waals surface area contributed by atoms with Gasteiger partial charge in [-0.15, -0.1) is 0 Å². The Morgan fingerprint density at radius 1 is 1.14 bits per heavy atom. The van der Waals surface area contributed by atoms with E-state index in [2.05, 4.69) is 10.1 Å². The van der Waals surface area contributed by atoms with Crippen LogP contribution in [0.15, 0.2) is 72.1 Å². The summed E-state index contributed by atoms with van der Waals surface area (Å²) in [4.78, 5) is 4.30. The number of aliphatic imine (C=N–C) groups is 1. The summed E-state index contributed by atoms with van der Waals surface area (Å²) in [5.41, 5.74) is 3.22. The van der Waals surface area contributed by atoms with Crippen LogP contribution in [0.2, 0.25) is 0 Å². The third kappa shape index (κ3) is 5.23. The molecule has 2 aliphatic rings. The maximum atomic E-state index is 13.2. The number of alkyl halides is 3. The van der Waals surface area contributed by atoms with Gasteiger partial charge in [0.1, 0.15) is 0 Å². The first-order valence-corrected chi connectivity index (χ1v) is 11.6. The number of rotatable bonds is 6. The van der Waals surface area contributed by atoms with Gasteiger partial charge < -0.3 is 9.47 Å². The minimum atomic E-state index is -4.39. The van der Waals surface area contributed by atoms with E-state index in [0.29, 0.717) is 17.7 Å². The minimum absolute atomic E-state index is 0.0953. The van der Waals surface area contributed by atoms with Crippen molar-refractivity contribution in [1.29, 1.82) is 0 Å². The van der Waals surface area contributed by atoms with E-state index in [1.165, 1.54) is 12.1 Å². The van der Waals surface area contributed by atoms with Crippen LogP contribution < -0.4 is 0 Å². The highest BCUT2D eigenvalue weighted by Gasteiger charge is 2.30. The number of aromatic nitrogens is 2. The van der Waals surface area contributed by atoms with Crippen LogP contribution in [0.25, 0.3) is 16.8 Å². The van der Waals surface area contributed by atoms with Crippen molar-refractivity contribution in [3.05, 3.63) is 83.8 Å². The maximum Gasteiger partial charge on any atom is 0.416 e. The van der Waals surface area contributed by atoms with Crippen LogP contribution in [0.5, 0.6) is 0 Å². The van der Waals surface area contributed by atoms with E-state index in [4.69, 9.17) is 9.47 Å². The molecule has 5 rings (SSSR count). The number of hydrogen-bond acceptors (Lipinski definition) is 4. The van der Waals surface area contributed by atoms with Gasteiger partial charge in [-0.1, -0.05) is 24.3 Å². The van der Waals surface area contributed by atoms with Crippen LogP contribution in [0.3, 0.4) is 0 Å². The Morgan fingerprint density at radius 2 is 2.00 bits per heavy atom. The monoisotopic (exact) mass is 481 g/mol. The van der Waals surface area contributed by atoms with E-state index >= 15 is 0 Å². The molecular weight excluding hydrogens is 455 g/mol. The molecule has 0 aliphatic carbocycles.